The molecule has 2 rings (SSSR count). The smallest absolute Gasteiger partial charge is 0.224 e. The second kappa shape index (κ2) is 3.22. The maximum atomic E-state index is 5.60. The molecule has 0 bridgehead atoms. The zero-order chi connectivity index (χ0) is 10.1. The Bertz CT molecular complexity index is 485. The number of nitrogens with two attached hydrogens (primary N) is 2. The lowest BCUT2D eigenvalue weighted by Gasteiger charge is -2.01. The van der Waals surface area contributed by atoms with Crippen LogP contribution in [0.5, 0.6) is 0 Å². The molecule has 0 amide bonds. The average molecular weight is 211 g/mol. The van der Waals surface area contributed by atoms with Crippen molar-refractivity contribution < 1.29 is 0 Å². The lowest BCUT2D eigenvalue weighted by molar-refractivity contribution is 1.10. The Balaban J connectivity index is 2.75. The summed E-state index contributed by atoms with van der Waals surface area (Å²) in [6.45, 7) is 0. The molecule has 7 heteroatoms. The molecule has 72 valence electrons. The van der Waals surface area contributed by atoms with Gasteiger partial charge in [-0.2, -0.15) is 9.97 Å². The van der Waals surface area contributed by atoms with Crippen molar-refractivity contribution in [3.63, 3.8) is 0 Å². The van der Waals surface area contributed by atoms with E-state index in [1.54, 1.807) is 0 Å². The number of nitrogens with zero attached hydrogens (tertiary/aromatic N) is 4. The van der Waals surface area contributed by atoms with Crippen molar-refractivity contribution in [1.29, 1.82) is 0 Å². The summed E-state index contributed by atoms with van der Waals surface area (Å²) >= 11 is 5.60. The van der Waals surface area contributed by atoms with Crippen LogP contribution in [0.1, 0.15) is 5.69 Å². The van der Waals surface area contributed by atoms with Gasteiger partial charge in [0.25, 0.3) is 0 Å². The molecule has 0 unspecified atom stereocenters. The van der Waals surface area contributed by atoms with Crippen LogP contribution in [0.3, 0.4) is 0 Å². The van der Waals surface area contributed by atoms with E-state index < -0.39 is 0 Å². The van der Waals surface area contributed by atoms with Gasteiger partial charge in [-0.05, 0) is 0 Å². The van der Waals surface area contributed by atoms with Gasteiger partial charge in [0.15, 0.2) is 11.5 Å². The molecular weight excluding hydrogens is 204 g/mol. The fourth-order valence-corrected chi connectivity index (χ4v) is 1.18. The van der Waals surface area contributed by atoms with Crippen LogP contribution < -0.4 is 11.5 Å². The summed E-state index contributed by atoms with van der Waals surface area (Å²) in [7, 11) is 0. The number of fused-ring (bicyclic) bond motifs is 1. The Kier molecular flexibility index (Phi) is 2.05. The van der Waals surface area contributed by atoms with E-state index in [0.29, 0.717) is 16.9 Å². The molecule has 4 N–H and O–H groups in total. The summed E-state index contributed by atoms with van der Waals surface area (Å²) < 4.78 is 0. The fourth-order valence-electron chi connectivity index (χ4n) is 1.05. The first-order chi connectivity index (χ1) is 6.70. The fraction of sp³-hybridized carbons (Fsp3) is 0.143. The molecule has 0 atom stereocenters. The summed E-state index contributed by atoms with van der Waals surface area (Å²) in [6.07, 6.45) is 1.53. The van der Waals surface area contributed by atoms with Crippen molar-refractivity contribution >= 4 is 34.5 Å². The highest BCUT2D eigenvalue weighted by molar-refractivity contribution is 6.16. The third-order valence-corrected chi connectivity index (χ3v) is 1.91. The topological polar surface area (TPSA) is 104 Å². The molecule has 0 spiro atoms. The van der Waals surface area contributed by atoms with E-state index in [1.165, 1.54) is 6.20 Å². The second-order valence-electron chi connectivity index (χ2n) is 2.63. The molecule has 0 aromatic carbocycles. The minimum Gasteiger partial charge on any atom is -0.382 e. The number of rotatable bonds is 1. The van der Waals surface area contributed by atoms with Crippen LogP contribution in [0.15, 0.2) is 6.20 Å². The normalized spacial score (nSPS) is 10.6. The molecular formula is C7H7ClN6. The molecule has 0 aliphatic rings. The zero-order valence-corrected chi connectivity index (χ0v) is 7.86. The Morgan fingerprint density at radius 2 is 2.00 bits per heavy atom. The molecule has 0 saturated heterocycles. The summed E-state index contributed by atoms with van der Waals surface area (Å²) in [5, 5.41) is 0. The van der Waals surface area contributed by atoms with Gasteiger partial charge >= 0.3 is 0 Å². The Hall–Kier alpha value is -1.69. The van der Waals surface area contributed by atoms with Crippen molar-refractivity contribution in [3.8, 4) is 0 Å². The van der Waals surface area contributed by atoms with Gasteiger partial charge in [0.1, 0.15) is 5.52 Å². The number of nitrogen functional groups attached to an aromatic ring is 2. The SMILES string of the molecule is Nc1nc(N)c2ncc(CCl)nc2n1. The number of alkyl halides is 1. The van der Waals surface area contributed by atoms with Crippen molar-refractivity contribution in [2.45, 2.75) is 5.88 Å². The molecule has 14 heavy (non-hydrogen) atoms. The largest absolute Gasteiger partial charge is 0.382 e. The average Bonchev–Trinajstić information content (AvgIpc) is 2.16. The first-order valence-corrected chi connectivity index (χ1v) is 4.34. The summed E-state index contributed by atoms with van der Waals surface area (Å²) in [6, 6.07) is 0. The van der Waals surface area contributed by atoms with Crippen LogP contribution >= 0.6 is 11.6 Å². The Labute approximate surface area is 84.3 Å². The van der Waals surface area contributed by atoms with Crippen LogP contribution in [0.4, 0.5) is 11.8 Å². The predicted molar refractivity (Wildman–Crippen MR) is 53.5 cm³/mol. The third-order valence-electron chi connectivity index (χ3n) is 1.64. The van der Waals surface area contributed by atoms with E-state index in [0.717, 1.165) is 0 Å². The molecule has 0 radical (unpaired) electrons. The molecule has 2 aromatic heterocycles. The lowest BCUT2D eigenvalue weighted by Crippen LogP contribution is -2.03. The van der Waals surface area contributed by atoms with Crippen molar-refractivity contribution in [2.24, 2.45) is 0 Å². The minimum absolute atomic E-state index is 0.0797. The van der Waals surface area contributed by atoms with E-state index in [1.807, 2.05) is 0 Å². The first-order valence-electron chi connectivity index (χ1n) is 3.81. The van der Waals surface area contributed by atoms with Crippen molar-refractivity contribution in [1.82, 2.24) is 19.9 Å². The summed E-state index contributed by atoms with van der Waals surface area (Å²) in [5.74, 6) is 0.573. The second-order valence-corrected chi connectivity index (χ2v) is 2.90. The van der Waals surface area contributed by atoms with Gasteiger partial charge in [0.05, 0.1) is 17.8 Å². The van der Waals surface area contributed by atoms with Crippen molar-refractivity contribution in [2.75, 3.05) is 11.5 Å². The van der Waals surface area contributed by atoms with Crippen LogP contribution in [-0.4, -0.2) is 19.9 Å². The van der Waals surface area contributed by atoms with E-state index in [9.17, 15) is 0 Å². The van der Waals surface area contributed by atoms with Gasteiger partial charge in [0.2, 0.25) is 5.95 Å². The maximum absolute atomic E-state index is 5.60. The van der Waals surface area contributed by atoms with Gasteiger partial charge < -0.3 is 11.5 Å². The number of anilines is 2. The molecule has 0 aliphatic carbocycles. The van der Waals surface area contributed by atoms with Crippen LogP contribution in [0, 0.1) is 0 Å². The highest BCUT2D eigenvalue weighted by atomic mass is 35.5. The standard InChI is InChI=1S/C7H7ClN6/c8-1-3-2-11-4-5(9)13-7(10)14-6(4)12-3/h2H,1H2,(H4,9,10,12,13,14). The van der Waals surface area contributed by atoms with E-state index in [4.69, 9.17) is 23.1 Å². The van der Waals surface area contributed by atoms with Gasteiger partial charge in [-0.3, -0.25) is 0 Å². The Morgan fingerprint density at radius 3 is 2.71 bits per heavy atom. The van der Waals surface area contributed by atoms with Gasteiger partial charge in [-0.25, -0.2) is 9.97 Å². The number of hydrogen-bond donors (Lipinski definition) is 2. The third kappa shape index (κ3) is 1.39. The number of halogens is 1. The quantitative estimate of drug-likeness (QED) is 0.657. The monoisotopic (exact) mass is 210 g/mol. The van der Waals surface area contributed by atoms with Gasteiger partial charge in [0, 0.05) is 0 Å². The van der Waals surface area contributed by atoms with Crippen molar-refractivity contribution in [3.05, 3.63) is 11.9 Å². The molecule has 6 nitrogen and oxygen atoms in total. The minimum atomic E-state index is 0.0797. The zero-order valence-electron chi connectivity index (χ0n) is 7.11. The highest BCUT2D eigenvalue weighted by Gasteiger charge is 2.06. The molecule has 0 fully saturated rings. The van der Waals surface area contributed by atoms with Crippen LogP contribution in [0.25, 0.3) is 11.2 Å². The van der Waals surface area contributed by atoms with Gasteiger partial charge in [-0.15, -0.1) is 11.6 Å². The van der Waals surface area contributed by atoms with Crippen LogP contribution in [0.2, 0.25) is 0 Å². The molecule has 0 aliphatic heterocycles. The summed E-state index contributed by atoms with van der Waals surface area (Å²) in [4.78, 5) is 15.8. The predicted octanol–water partition coefficient (Wildman–Crippen LogP) is 0.323. The van der Waals surface area contributed by atoms with E-state index in [-0.39, 0.29) is 17.6 Å². The van der Waals surface area contributed by atoms with Crippen LogP contribution in [-0.2, 0) is 5.88 Å². The highest BCUT2D eigenvalue weighted by Crippen LogP contribution is 2.14. The van der Waals surface area contributed by atoms with E-state index in [2.05, 4.69) is 19.9 Å². The lowest BCUT2D eigenvalue weighted by atomic mass is 10.4. The first kappa shape index (κ1) is 8.89. The van der Waals surface area contributed by atoms with Gasteiger partial charge in [-0.1, -0.05) is 0 Å². The number of aromatic nitrogens is 4. The molecule has 0 saturated carbocycles. The molecule has 2 heterocycles. The Morgan fingerprint density at radius 1 is 1.21 bits per heavy atom. The maximum Gasteiger partial charge on any atom is 0.224 e. The summed E-state index contributed by atoms with van der Waals surface area (Å²) in [5.41, 5.74) is 12.4. The number of hydrogen-bond acceptors (Lipinski definition) is 6. The molecule has 2 aromatic rings. The van der Waals surface area contributed by atoms with E-state index >= 15 is 0 Å².